The van der Waals surface area contributed by atoms with Crippen molar-refractivity contribution in [2.75, 3.05) is 6.54 Å². The largest absolute Gasteiger partial charge is 0.390 e. The Morgan fingerprint density at radius 3 is 2.93 bits per heavy atom. The van der Waals surface area contributed by atoms with E-state index in [2.05, 4.69) is 5.16 Å². The zero-order valence-corrected chi connectivity index (χ0v) is 7.91. The molecule has 1 aliphatic rings. The zero-order valence-electron chi connectivity index (χ0n) is 7.91. The van der Waals surface area contributed by atoms with Gasteiger partial charge < -0.3 is 10.6 Å². The summed E-state index contributed by atoms with van der Waals surface area (Å²) >= 11 is 0. The number of nitrogens with two attached hydrogens (primary N) is 1. The molecule has 2 rings (SSSR count). The molecule has 0 aromatic heterocycles. The van der Waals surface area contributed by atoms with Crippen LogP contribution >= 0.6 is 0 Å². The molecule has 0 radical (unpaired) electrons. The molecule has 1 aromatic carbocycles. The van der Waals surface area contributed by atoms with E-state index in [0.29, 0.717) is 18.7 Å². The molecule has 0 aliphatic carbocycles. The molecule has 1 aliphatic heterocycles. The molecule has 0 amide bonds. The van der Waals surface area contributed by atoms with Crippen molar-refractivity contribution in [3.8, 4) is 0 Å². The highest BCUT2D eigenvalue weighted by Crippen LogP contribution is 2.19. The van der Waals surface area contributed by atoms with E-state index in [-0.39, 0.29) is 11.7 Å². The van der Waals surface area contributed by atoms with Crippen LogP contribution in [0.2, 0.25) is 0 Å². The van der Waals surface area contributed by atoms with Crippen molar-refractivity contribution >= 4 is 5.71 Å². The fraction of sp³-hybridized carbons (Fsp3) is 0.300. The Labute approximate surface area is 85.5 Å². The van der Waals surface area contributed by atoms with Crippen LogP contribution in [0.25, 0.3) is 0 Å². The molecule has 15 heavy (non-hydrogen) atoms. The van der Waals surface area contributed by atoms with E-state index in [9.17, 15) is 8.78 Å². The highest BCUT2D eigenvalue weighted by Gasteiger charge is 2.23. The molecule has 1 aromatic rings. The van der Waals surface area contributed by atoms with Crippen LogP contribution in [0.15, 0.2) is 23.4 Å². The van der Waals surface area contributed by atoms with Gasteiger partial charge in [0.05, 0.1) is 5.71 Å². The standard InChI is InChI=1S/C10H10F2N2O/c11-8-3-1-2-7(10(8)12)9-4-6(5-13)15-14-9/h1-3,6H,4-5,13H2. The molecule has 1 heterocycles. The monoisotopic (exact) mass is 212 g/mol. The van der Waals surface area contributed by atoms with Crippen LogP contribution in [0.4, 0.5) is 8.78 Å². The number of hydrogen-bond acceptors (Lipinski definition) is 3. The highest BCUT2D eigenvalue weighted by molar-refractivity contribution is 6.01. The van der Waals surface area contributed by atoms with E-state index in [1.54, 1.807) is 0 Å². The number of rotatable bonds is 2. The molecule has 1 atom stereocenters. The van der Waals surface area contributed by atoms with Gasteiger partial charge in [-0.25, -0.2) is 8.78 Å². The second kappa shape index (κ2) is 3.94. The lowest BCUT2D eigenvalue weighted by Crippen LogP contribution is -2.20. The maximum atomic E-state index is 13.3. The zero-order chi connectivity index (χ0) is 10.8. The molecule has 0 saturated heterocycles. The lowest BCUT2D eigenvalue weighted by Gasteiger charge is -2.03. The average molecular weight is 212 g/mol. The van der Waals surface area contributed by atoms with Crippen molar-refractivity contribution in [2.45, 2.75) is 12.5 Å². The molecule has 1 unspecified atom stereocenters. The third kappa shape index (κ3) is 1.83. The molecule has 5 heteroatoms. The average Bonchev–Trinajstić information content (AvgIpc) is 2.70. The Morgan fingerprint density at radius 1 is 1.47 bits per heavy atom. The first-order chi connectivity index (χ1) is 7.22. The van der Waals surface area contributed by atoms with Crippen molar-refractivity contribution in [3.05, 3.63) is 35.4 Å². The van der Waals surface area contributed by atoms with E-state index in [0.717, 1.165) is 6.07 Å². The Hall–Kier alpha value is -1.49. The molecule has 0 fully saturated rings. The molecule has 0 bridgehead atoms. The first-order valence-electron chi connectivity index (χ1n) is 4.59. The molecule has 80 valence electrons. The summed E-state index contributed by atoms with van der Waals surface area (Å²) < 4.78 is 26.3. The van der Waals surface area contributed by atoms with E-state index >= 15 is 0 Å². The molecular formula is C10H10F2N2O. The van der Waals surface area contributed by atoms with Crippen LogP contribution < -0.4 is 5.73 Å². The van der Waals surface area contributed by atoms with Crippen molar-refractivity contribution in [3.63, 3.8) is 0 Å². The van der Waals surface area contributed by atoms with E-state index < -0.39 is 11.6 Å². The fourth-order valence-electron chi connectivity index (χ4n) is 1.44. The summed E-state index contributed by atoms with van der Waals surface area (Å²) in [6.45, 7) is 0.309. The topological polar surface area (TPSA) is 47.6 Å². The van der Waals surface area contributed by atoms with Gasteiger partial charge in [-0.15, -0.1) is 0 Å². The second-order valence-corrected chi connectivity index (χ2v) is 3.31. The summed E-state index contributed by atoms with van der Waals surface area (Å²) in [7, 11) is 0. The molecular weight excluding hydrogens is 202 g/mol. The summed E-state index contributed by atoms with van der Waals surface area (Å²) in [6.07, 6.45) is 0.180. The van der Waals surface area contributed by atoms with Gasteiger partial charge in [0, 0.05) is 18.5 Å². The fourth-order valence-corrected chi connectivity index (χ4v) is 1.44. The normalized spacial score (nSPS) is 19.9. The van der Waals surface area contributed by atoms with Gasteiger partial charge in [-0.2, -0.15) is 0 Å². The van der Waals surface area contributed by atoms with Crippen LogP contribution in [0, 0.1) is 11.6 Å². The van der Waals surface area contributed by atoms with Gasteiger partial charge in [-0.1, -0.05) is 11.2 Å². The van der Waals surface area contributed by atoms with Crippen molar-refractivity contribution in [1.82, 2.24) is 0 Å². The van der Waals surface area contributed by atoms with Crippen molar-refractivity contribution in [1.29, 1.82) is 0 Å². The molecule has 2 N–H and O–H groups in total. The van der Waals surface area contributed by atoms with Gasteiger partial charge in [-0.05, 0) is 12.1 Å². The van der Waals surface area contributed by atoms with Crippen LogP contribution in [0.3, 0.4) is 0 Å². The third-order valence-corrected chi connectivity index (χ3v) is 2.26. The Morgan fingerprint density at radius 2 is 2.27 bits per heavy atom. The smallest absolute Gasteiger partial charge is 0.167 e. The summed E-state index contributed by atoms with van der Waals surface area (Å²) in [5.74, 6) is -1.77. The van der Waals surface area contributed by atoms with Crippen LogP contribution in [-0.4, -0.2) is 18.4 Å². The van der Waals surface area contributed by atoms with E-state index in [1.165, 1.54) is 12.1 Å². The van der Waals surface area contributed by atoms with Crippen LogP contribution in [0.1, 0.15) is 12.0 Å². The maximum Gasteiger partial charge on any atom is 0.167 e. The van der Waals surface area contributed by atoms with Gasteiger partial charge in [0.15, 0.2) is 11.6 Å². The predicted octanol–water partition coefficient (Wildman–Crippen LogP) is 1.42. The lowest BCUT2D eigenvalue weighted by molar-refractivity contribution is 0.0918. The Kier molecular flexibility index (Phi) is 2.64. The lowest BCUT2D eigenvalue weighted by atomic mass is 10.0. The van der Waals surface area contributed by atoms with Gasteiger partial charge in [0.25, 0.3) is 0 Å². The quantitative estimate of drug-likeness (QED) is 0.805. The minimum absolute atomic E-state index is 0.144. The highest BCUT2D eigenvalue weighted by atomic mass is 19.2. The van der Waals surface area contributed by atoms with Gasteiger partial charge in [-0.3, -0.25) is 0 Å². The van der Waals surface area contributed by atoms with Crippen LogP contribution in [0.5, 0.6) is 0 Å². The summed E-state index contributed by atoms with van der Waals surface area (Å²) in [5, 5.41) is 3.69. The van der Waals surface area contributed by atoms with Crippen molar-refractivity contribution in [2.24, 2.45) is 10.9 Å². The number of nitrogens with zero attached hydrogens (tertiary/aromatic N) is 1. The Balaban J connectivity index is 2.28. The third-order valence-electron chi connectivity index (χ3n) is 2.26. The molecule has 3 nitrogen and oxygen atoms in total. The number of halogens is 2. The Bertz CT molecular complexity index is 406. The summed E-state index contributed by atoms with van der Waals surface area (Å²) in [5.41, 5.74) is 5.93. The first-order valence-corrected chi connectivity index (χ1v) is 4.59. The van der Waals surface area contributed by atoms with Crippen LogP contribution in [-0.2, 0) is 4.84 Å². The van der Waals surface area contributed by atoms with Gasteiger partial charge >= 0.3 is 0 Å². The number of oxime groups is 1. The van der Waals surface area contributed by atoms with E-state index in [4.69, 9.17) is 10.6 Å². The SMILES string of the molecule is NCC1CC(c2cccc(F)c2F)=NO1. The van der Waals surface area contributed by atoms with E-state index in [1.807, 2.05) is 0 Å². The molecule has 0 saturated carbocycles. The van der Waals surface area contributed by atoms with Gasteiger partial charge in [0.1, 0.15) is 6.10 Å². The first kappa shape index (κ1) is 10.0. The molecule has 0 spiro atoms. The summed E-state index contributed by atoms with van der Waals surface area (Å²) in [4.78, 5) is 4.94. The van der Waals surface area contributed by atoms with Gasteiger partial charge in [0.2, 0.25) is 0 Å². The minimum atomic E-state index is -0.891. The number of benzene rings is 1. The maximum absolute atomic E-state index is 13.3. The van der Waals surface area contributed by atoms with Crippen molar-refractivity contribution < 1.29 is 13.6 Å². The number of hydrogen-bond donors (Lipinski definition) is 1. The summed E-state index contributed by atoms with van der Waals surface area (Å²) in [6, 6.07) is 3.97. The minimum Gasteiger partial charge on any atom is -0.390 e. The predicted molar refractivity (Wildman–Crippen MR) is 51.4 cm³/mol. The second-order valence-electron chi connectivity index (χ2n) is 3.31.